The fourth-order valence-electron chi connectivity index (χ4n) is 5.41. The van der Waals surface area contributed by atoms with Gasteiger partial charge < -0.3 is 19.9 Å². The van der Waals surface area contributed by atoms with Crippen LogP contribution in [0, 0.1) is 0 Å². The van der Waals surface area contributed by atoms with Crippen LogP contribution in [-0.4, -0.2) is 64.6 Å². The number of hydrogen-bond donors (Lipinski definition) is 1. The predicted octanol–water partition coefficient (Wildman–Crippen LogP) is 3.46. The van der Waals surface area contributed by atoms with Gasteiger partial charge in [0, 0.05) is 43.0 Å². The Morgan fingerprint density at radius 1 is 1.03 bits per heavy atom. The van der Waals surface area contributed by atoms with Crippen LogP contribution in [0.2, 0.25) is 0 Å². The zero-order valence-electron chi connectivity index (χ0n) is 22.1. The maximum absolute atomic E-state index is 13.1. The molecule has 2 fully saturated rings. The lowest BCUT2D eigenvalue weighted by Crippen LogP contribution is -2.50. The molecule has 1 atom stereocenters. The standard InChI is InChI=1S/C30H36N4O4/c1-3-4-14-33-16-15-32(19-28(33)35)17-22-9-11-23(12-10-22)20-38-27-7-5-6-24-25(27)18-34(30(24)37)26-13-8-21(2)31-29(26)36/h5-7,9-12,26H,2-4,8,13-20H2,1H3,(H,31,36). The molecule has 3 aliphatic rings. The van der Waals surface area contributed by atoms with Crippen molar-refractivity contribution in [2.45, 2.75) is 58.3 Å². The number of fused-ring (bicyclic) bond motifs is 1. The molecule has 0 aromatic heterocycles. The molecule has 3 amide bonds. The van der Waals surface area contributed by atoms with Crippen LogP contribution in [0.25, 0.3) is 0 Å². The number of amides is 3. The van der Waals surface area contributed by atoms with Gasteiger partial charge in [-0.05, 0) is 42.5 Å². The molecular formula is C30H36N4O4. The van der Waals surface area contributed by atoms with E-state index >= 15 is 0 Å². The first-order chi connectivity index (χ1) is 18.4. The number of unbranched alkanes of at least 4 members (excludes halogenated alkanes) is 1. The number of piperazine rings is 1. The van der Waals surface area contributed by atoms with Crippen LogP contribution in [0.4, 0.5) is 0 Å². The molecular weight excluding hydrogens is 480 g/mol. The van der Waals surface area contributed by atoms with Gasteiger partial charge in [-0.2, -0.15) is 0 Å². The van der Waals surface area contributed by atoms with E-state index in [9.17, 15) is 14.4 Å². The summed E-state index contributed by atoms with van der Waals surface area (Å²) in [6.45, 7) is 10.5. The summed E-state index contributed by atoms with van der Waals surface area (Å²) in [6.07, 6.45) is 3.41. The Labute approximate surface area is 224 Å². The number of piperidine rings is 1. The largest absolute Gasteiger partial charge is 0.489 e. The van der Waals surface area contributed by atoms with E-state index in [1.807, 2.05) is 17.0 Å². The maximum atomic E-state index is 13.1. The number of allylic oxidation sites excluding steroid dienone is 1. The Morgan fingerprint density at radius 3 is 2.55 bits per heavy atom. The molecule has 8 nitrogen and oxygen atoms in total. The number of nitrogens with one attached hydrogen (secondary N) is 1. The third-order valence-electron chi connectivity index (χ3n) is 7.65. The topological polar surface area (TPSA) is 82.2 Å². The van der Waals surface area contributed by atoms with E-state index in [4.69, 9.17) is 4.74 Å². The number of ether oxygens (including phenoxy) is 1. The molecule has 2 aromatic carbocycles. The SMILES string of the molecule is C=C1CCC(N2Cc3c(OCc4ccc(CN5CCN(CCCC)C(=O)C5)cc4)cccc3C2=O)C(=O)N1. The lowest BCUT2D eigenvalue weighted by molar-refractivity contribution is -0.136. The molecule has 1 N–H and O–H groups in total. The number of carbonyl (C=O) groups is 3. The highest BCUT2D eigenvalue weighted by Crippen LogP contribution is 2.34. The van der Waals surface area contributed by atoms with Crippen LogP contribution in [0.5, 0.6) is 5.75 Å². The molecule has 200 valence electrons. The number of rotatable bonds is 9. The molecule has 38 heavy (non-hydrogen) atoms. The second kappa shape index (κ2) is 11.4. The first-order valence-corrected chi connectivity index (χ1v) is 13.5. The molecule has 2 saturated heterocycles. The Bertz CT molecular complexity index is 1230. The minimum absolute atomic E-state index is 0.132. The van der Waals surface area contributed by atoms with Gasteiger partial charge in [0.15, 0.2) is 0 Å². The summed E-state index contributed by atoms with van der Waals surface area (Å²) in [6, 6.07) is 13.3. The van der Waals surface area contributed by atoms with Crippen molar-refractivity contribution in [2.75, 3.05) is 26.2 Å². The maximum Gasteiger partial charge on any atom is 0.255 e. The molecule has 0 spiro atoms. The minimum atomic E-state index is -0.490. The van der Waals surface area contributed by atoms with Gasteiger partial charge in [0.25, 0.3) is 5.91 Å². The summed E-state index contributed by atoms with van der Waals surface area (Å²) >= 11 is 0. The molecule has 8 heteroatoms. The summed E-state index contributed by atoms with van der Waals surface area (Å²) in [5.41, 5.74) is 4.31. The van der Waals surface area contributed by atoms with Gasteiger partial charge in [-0.15, -0.1) is 0 Å². The number of benzene rings is 2. The average Bonchev–Trinajstić information content (AvgIpc) is 3.24. The molecule has 3 aliphatic heterocycles. The van der Waals surface area contributed by atoms with Crippen LogP contribution in [-0.2, 0) is 29.3 Å². The van der Waals surface area contributed by atoms with Crippen molar-refractivity contribution in [3.63, 3.8) is 0 Å². The Hall–Kier alpha value is -3.65. The van der Waals surface area contributed by atoms with Crippen molar-refractivity contribution in [2.24, 2.45) is 0 Å². The molecule has 0 radical (unpaired) electrons. The van der Waals surface area contributed by atoms with Crippen molar-refractivity contribution in [1.29, 1.82) is 0 Å². The third-order valence-corrected chi connectivity index (χ3v) is 7.65. The first-order valence-electron chi connectivity index (χ1n) is 13.5. The summed E-state index contributed by atoms with van der Waals surface area (Å²) in [7, 11) is 0. The zero-order chi connectivity index (χ0) is 26.6. The van der Waals surface area contributed by atoms with Gasteiger partial charge in [0.05, 0.1) is 13.1 Å². The van der Waals surface area contributed by atoms with Gasteiger partial charge >= 0.3 is 0 Å². The molecule has 5 rings (SSSR count). The van der Waals surface area contributed by atoms with E-state index in [0.717, 1.165) is 50.1 Å². The smallest absolute Gasteiger partial charge is 0.255 e. The molecule has 2 aromatic rings. The van der Waals surface area contributed by atoms with Gasteiger partial charge in [-0.25, -0.2) is 0 Å². The summed E-state index contributed by atoms with van der Waals surface area (Å²) in [5.74, 6) is 0.582. The van der Waals surface area contributed by atoms with E-state index in [0.29, 0.717) is 49.5 Å². The highest BCUT2D eigenvalue weighted by Gasteiger charge is 2.39. The molecule has 0 saturated carbocycles. The molecule has 3 heterocycles. The van der Waals surface area contributed by atoms with Crippen LogP contribution >= 0.6 is 0 Å². The predicted molar refractivity (Wildman–Crippen MR) is 144 cm³/mol. The van der Waals surface area contributed by atoms with Crippen molar-refractivity contribution in [3.05, 3.63) is 77.0 Å². The van der Waals surface area contributed by atoms with Gasteiger partial charge in [0.1, 0.15) is 18.4 Å². The highest BCUT2D eigenvalue weighted by atomic mass is 16.5. The number of nitrogens with zero attached hydrogens (tertiary/aromatic N) is 3. The normalized spacial score (nSPS) is 20.1. The zero-order valence-corrected chi connectivity index (χ0v) is 22.1. The Morgan fingerprint density at radius 2 is 1.82 bits per heavy atom. The number of carbonyl (C=O) groups excluding carboxylic acids is 3. The molecule has 1 unspecified atom stereocenters. The monoisotopic (exact) mass is 516 g/mol. The van der Waals surface area contributed by atoms with Crippen molar-refractivity contribution in [1.82, 2.24) is 20.0 Å². The van der Waals surface area contributed by atoms with Crippen LogP contribution in [0.3, 0.4) is 0 Å². The first kappa shape index (κ1) is 26.0. The summed E-state index contributed by atoms with van der Waals surface area (Å²) in [4.78, 5) is 43.8. The van der Waals surface area contributed by atoms with E-state index in [1.54, 1.807) is 11.0 Å². The minimum Gasteiger partial charge on any atom is -0.489 e. The third kappa shape index (κ3) is 5.60. The number of hydrogen-bond acceptors (Lipinski definition) is 5. The Kier molecular flexibility index (Phi) is 7.79. The Balaban J connectivity index is 1.16. The highest BCUT2D eigenvalue weighted by molar-refractivity contribution is 6.02. The fraction of sp³-hybridized carbons (Fsp3) is 0.433. The van der Waals surface area contributed by atoms with E-state index in [2.05, 4.69) is 48.0 Å². The van der Waals surface area contributed by atoms with Gasteiger partial charge in [-0.1, -0.05) is 50.3 Å². The van der Waals surface area contributed by atoms with Crippen LogP contribution in [0.15, 0.2) is 54.7 Å². The fourth-order valence-corrected chi connectivity index (χ4v) is 5.41. The van der Waals surface area contributed by atoms with E-state index in [1.165, 1.54) is 5.56 Å². The van der Waals surface area contributed by atoms with Crippen LogP contribution in [0.1, 0.15) is 59.7 Å². The lowest BCUT2D eigenvalue weighted by atomic mass is 10.0. The second-order valence-electron chi connectivity index (χ2n) is 10.4. The van der Waals surface area contributed by atoms with Crippen LogP contribution < -0.4 is 10.1 Å². The van der Waals surface area contributed by atoms with Crippen molar-refractivity contribution < 1.29 is 19.1 Å². The second-order valence-corrected chi connectivity index (χ2v) is 10.4. The lowest BCUT2D eigenvalue weighted by Gasteiger charge is -2.34. The molecule has 0 bridgehead atoms. The average molecular weight is 517 g/mol. The van der Waals surface area contributed by atoms with E-state index < -0.39 is 6.04 Å². The van der Waals surface area contributed by atoms with Crippen molar-refractivity contribution >= 4 is 17.7 Å². The van der Waals surface area contributed by atoms with Crippen molar-refractivity contribution in [3.8, 4) is 5.75 Å². The summed E-state index contributed by atoms with van der Waals surface area (Å²) in [5, 5.41) is 2.78. The van der Waals surface area contributed by atoms with Gasteiger partial charge in [0.2, 0.25) is 11.8 Å². The van der Waals surface area contributed by atoms with Gasteiger partial charge in [-0.3, -0.25) is 19.3 Å². The van der Waals surface area contributed by atoms with E-state index in [-0.39, 0.29) is 17.7 Å². The summed E-state index contributed by atoms with van der Waals surface area (Å²) < 4.78 is 6.16. The quantitative estimate of drug-likeness (QED) is 0.552. The molecule has 0 aliphatic carbocycles.